The topological polar surface area (TPSA) is 40.5 Å². The Morgan fingerprint density at radius 2 is 2.62 bits per heavy atom. The van der Waals surface area contributed by atoms with Gasteiger partial charge >= 0.3 is 6.09 Å². The van der Waals surface area contributed by atoms with Crippen molar-refractivity contribution in [1.29, 1.82) is 0 Å². The Balaban J connectivity index is 2.41. The van der Waals surface area contributed by atoms with Crippen molar-refractivity contribution in [2.75, 3.05) is 6.54 Å². The molecule has 1 amide bonds. The Hall–Kier alpha value is -0.640. The zero-order valence-electron chi connectivity index (χ0n) is 4.07. The average Bonchev–Trinajstić information content (AvgIpc) is 2.12. The van der Waals surface area contributed by atoms with E-state index in [1.165, 1.54) is 16.3 Å². The smallest absolute Gasteiger partial charge is 0.417 e. The molecule has 0 bridgehead atoms. The summed E-state index contributed by atoms with van der Waals surface area (Å²) in [4.78, 5) is 10.1. The van der Waals surface area contributed by atoms with Crippen LogP contribution in [0.4, 0.5) is 4.79 Å². The maximum absolute atomic E-state index is 10.1. The van der Waals surface area contributed by atoms with E-state index in [0.717, 1.165) is 0 Å². The normalized spacial score (nSPS) is 17.2. The third-order valence-electron chi connectivity index (χ3n) is 0.769. The first-order valence-corrected chi connectivity index (χ1v) is 2.96. The van der Waals surface area contributed by atoms with Gasteiger partial charge in [-0.05, 0) is 17.4 Å². The van der Waals surface area contributed by atoms with Gasteiger partial charge in [-0.3, -0.25) is 0 Å². The molecule has 44 valence electrons. The lowest BCUT2D eigenvalue weighted by molar-refractivity contribution is 0.178. The lowest BCUT2D eigenvalue weighted by Gasteiger charge is -2.05. The van der Waals surface area contributed by atoms with E-state index in [1.807, 2.05) is 0 Å². The van der Waals surface area contributed by atoms with Crippen LogP contribution in [0.1, 0.15) is 0 Å². The summed E-state index contributed by atoms with van der Waals surface area (Å²) in [6.07, 6.45) is 0.929. The lowest BCUT2D eigenvalue weighted by Crippen LogP contribution is -2.18. The Labute approximate surface area is 51.1 Å². The average molecular weight is 131 g/mol. The summed E-state index contributed by atoms with van der Waals surface area (Å²) < 4.78 is 1.25. The largest absolute Gasteiger partial charge is 0.464 e. The van der Waals surface area contributed by atoms with E-state index in [1.54, 1.807) is 11.5 Å². The standard InChI is InChI=1S/C4H5NO2S/c6-4(7)5-2-1-3-8-5/h1,3H,2H2,(H,6,7). The van der Waals surface area contributed by atoms with Gasteiger partial charge in [0.05, 0.1) is 6.54 Å². The van der Waals surface area contributed by atoms with Crippen molar-refractivity contribution in [2.24, 2.45) is 0 Å². The van der Waals surface area contributed by atoms with E-state index in [4.69, 9.17) is 5.11 Å². The fourth-order valence-electron chi connectivity index (χ4n) is 0.421. The zero-order chi connectivity index (χ0) is 5.98. The summed E-state index contributed by atoms with van der Waals surface area (Å²) in [6.45, 7) is 0.514. The van der Waals surface area contributed by atoms with E-state index in [0.29, 0.717) is 6.54 Å². The van der Waals surface area contributed by atoms with Crippen molar-refractivity contribution in [3.63, 3.8) is 0 Å². The second kappa shape index (κ2) is 2.09. The first kappa shape index (κ1) is 5.50. The van der Waals surface area contributed by atoms with Crippen molar-refractivity contribution in [3.05, 3.63) is 11.5 Å². The third-order valence-corrected chi connectivity index (χ3v) is 1.64. The molecule has 8 heavy (non-hydrogen) atoms. The van der Waals surface area contributed by atoms with Crippen LogP contribution in [0.15, 0.2) is 11.5 Å². The highest BCUT2D eigenvalue weighted by Gasteiger charge is 2.11. The lowest BCUT2D eigenvalue weighted by atomic mass is 10.6. The number of hydrogen-bond donors (Lipinski definition) is 1. The van der Waals surface area contributed by atoms with Gasteiger partial charge in [-0.1, -0.05) is 6.08 Å². The molecule has 1 heterocycles. The van der Waals surface area contributed by atoms with Crippen molar-refractivity contribution < 1.29 is 9.90 Å². The summed E-state index contributed by atoms with van der Waals surface area (Å²) in [7, 11) is 0. The van der Waals surface area contributed by atoms with Crippen molar-refractivity contribution >= 4 is 18.0 Å². The molecule has 1 aliphatic rings. The highest BCUT2D eigenvalue weighted by atomic mass is 32.2. The molecule has 0 aromatic heterocycles. The fraction of sp³-hybridized carbons (Fsp3) is 0.250. The number of carboxylic acid groups (broad SMARTS) is 1. The minimum Gasteiger partial charge on any atom is -0.464 e. The highest BCUT2D eigenvalue weighted by molar-refractivity contribution is 8.00. The molecule has 0 spiro atoms. The Kier molecular flexibility index (Phi) is 1.43. The monoisotopic (exact) mass is 131 g/mol. The fourth-order valence-corrected chi connectivity index (χ4v) is 1.00. The van der Waals surface area contributed by atoms with Crippen LogP contribution >= 0.6 is 11.9 Å². The van der Waals surface area contributed by atoms with E-state index < -0.39 is 6.09 Å². The van der Waals surface area contributed by atoms with Crippen LogP contribution in [-0.4, -0.2) is 22.0 Å². The molecule has 3 nitrogen and oxygen atoms in total. The molecular weight excluding hydrogens is 126 g/mol. The van der Waals surface area contributed by atoms with Crippen LogP contribution in [-0.2, 0) is 0 Å². The Bertz CT molecular complexity index is 126. The van der Waals surface area contributed by atoms with Crippen LogP contribution < -0.4 is 0 Å². The zero-order valence-corrected chi connectivity index (χ0v) is 4.89. The van der Waals surface area contributed by atoms with Crippen LogP contribution in [0.2, 0.25) is 0 Å². The van der Waals surface area contributed by atoms with Gasteiger partial charge < -0.3 is 5.11 Å². The molecule has 0 fully saturated rings. The van der Waals surface area contributed by atoms with Crippen LogP contribution in [0.5, 0.6) is 0 Å². The summed E-state index contributed by atoms with van der Waals surface area (Å²) in [5.41, 5.74) is 0. The quantitative estimate of drug-likeness (QED) is 0.501. The van der Waals surface area contributed by atoms with Crippen LogP contribution in [0.3, 0.4) is 0 Å². The minimum atomic E-state index is -0.875. The summed E-state index contributed by atoms with van der Waals surface area (Å²) in [6, 6.07) is 0. The second-order valence-electron chi connectivity index (χ2n) is 1.32. The molecule has 1 aliphatic heterocycles. The predicted molar refractivity (Wildman–Crippen MR) is 31.5 cm³/mol. The Morgan fingerprint density at radius 3 is 2.88 bits per heavy atom. The van der Waals surface area contributed by atoms with Crippen molar-refractivity contribution in [2.45, 2.75) is 0 Å². The molecule has 0 aliphatic carbocycles. The molecule has 0 aromatic rings. The summed E-state index contributed by atoms with van der Waals surface area (Å²) >= 11 is 1.20. The van der Waals surface area contributed by atoms with Crippen molar-refractivity contribution in [1.82, 2.24) is 4.31 Å². The number of nitrogens with zero attached hydrogens (tertiary/aromatic N) is 1. The van der Waals surface area contributed by atoms with Crippen LogP contribution in [0, 0.1) is 0 Å². The van der Waals surface area contributed by atoms with Gasteiger partial charge in [0, 0.05) is 0 Å². The van der Waals surface area contributed by atoms with Gasteiger partial charge in [-0.15, -0.1) is 0 Å². The minimum absolute atomic E-state index is 0.514. The molecule has 0 unspecified atom stereocenters. The molecule has 4 heteroatoms. The highest BCUT2D eigenvalue weighted by Crippen LogP contribution is 2.16. The van der Waals surface area contributed by atoms with E-state index in [2.05, 4.69) is 0 Å². The maximum Gasteiger partial charge on any atom is 0.417 e. The van der Waals surface area contributed by atoms with Gasteiger partial charge in [0.2, 0.25) is 0 Å². The summed E-state index contributed by atoms with van der Waals surface area (Å²) in [5, 5.41) is 10.0. The molecule has 1 N–H and O–H groups in total. The first-order chi connectivity index (χ1) is 3.80. The number of carbonyl (C=O) groups is 1. The van der Waals surface area contributed by atoms with Gasteiger partial charge in [0.1, 0.15) is 0 Å². The van der Waals surface area contributed by atoms with E-state index >= 15 is 0 Å². The Morgan fingerprint density at radius 1 is 1.88 bits per heavy atom. The van der Waals surface area contributed by atoms with Crippen molar-refractivity contribution in [3.8, 4) is 0 Å². The second-order valence-corrected chi connectivity index (χ2v) is 2.24. The first-order valence-electron chi connectivity index (χ1n) is 2.13. The van der Waals surface area contributed by atoms with E-state index in [-0.39, 0.29) is 0 Å². The molecular formula is C4H5NO2S. The summed E-state index contributed by atoms with van der Waals surface area (Å²) in [5.74, 6) is 0. The number of amides is 1. The molecule has 0 atom stereocenters. The third kappa shape index (κ3) is 0.949. The maximum atomic E-state index is 10.1. The van der Waals surface area contributed by atoms with Gasteiger partial charge in [0.25, 0.3) is 0 Å². The molecule has 0 saturated carbocycles. The van der Waals surface area contributed by atoms with Gasteiger partial charge in [0.15, 0.2) is 0 Å². The van der Waals surface area contributed by atoms with Gasteiger partial charge in [-0.2, -0.15) is 0 Å². The number of rotatable bonds is 0. The van der Waals surface area contributed by atoms with E-state index in [9.17, 15) is 4.79 Å². The molecule has 0 saturated heterocycles. The molecule has 1 rings (SSSR count). The molecule has 0 radical (unpaired) electrons. The van der Waals surface area contributed by atoms with Gasteiger partial charge in [-0.25, -0.2) is 9.10 Å². The number of hydrogen-bond acceptors (Lipinski definition) is 2. The SMILES string of the molecule is O=C(O)N1CC=CS1. The molecule has 0 aromatic carbocycles. The predicted octanol–water partition coefficient (Wildman–Crippen LogP) is 1.14. The van der Waals surface area contributed by atoms with Crippen LogP contribution in [0.25, 0.3) is 0 Å².